The van der Waals surface area contributed by atoms with E-state index in [4.69, 9.17) is 0 Å². The van der Waals surface area contributed by atoms with Gasteiger partial charge >= 0.3 is 0 Å². The Kier molecular flexibility index (Phi) is 2.84. The lowest BCUT2D eigenvalue weighted by atomic mass is 9.79. The number of nitrogens with zero attached hydrogens (tertiary/aromatic N) is 1. The van der Waals surface area contributed by atoms with Crippen LogP contribution >= 0.6 is 0 Å². The van der Waals surface area contributed by atoms with Crippen molar-refractivity contribution in [1.29, 1.82) is 0 Å². The predicted molar refractivity (Wildman–Crippen MR) is 88.0 cm³/mol. The number of hydrogen-bond donors (Lipinski definition) is 0. The molecule has 1 aromatic carbocycles. The molecule has 1 heterocycles. The minimum atomic E-state index is 0.0794. The minimum Gasteiger partial charge on any atom is -0.287 e. The van der Waals surface area contributed by atoms with Crippen LogP contribution in [0.15, 0.2) is 5.57 Å². The average molecular weight is 279 g/mol. The number of rotatable bonds is 0. The number of benzene rings is 1. The molecule has 1 aromatic heterocycles. The second-order valence-electron chi connectivity index (χ2n) is 6.25. The van der Waals surface area contributed by atoms with Crippen LogP contribution in [-0.2, 0) is 0 Å². The zero-order chi connectivity index (χ0) is 15.6. The first-order chi connectivity index (χ1) is 9.77. The van der Waals surface area contributed by atoms with E-state index >= 15 is 0 Å². The van der Waals surface area contributed by atoms with Crippen molar-refractivity contribution in [2.24, 2.45) is 0 Å². The molecule has 0 atom stereocenters. The summed E-state index contributed by atoms with van der Waals surface area (Å²) in [7, 11) is 0. The predicted octanol–water partition coefficient (Wildman–Crippen LogP) is 4.77. The van der Waals surface area contributed by atoms with Crippen molar-refractivity contribution in [2.75, 3.05) is 0 Å². The van der Waals surface area contributed by atoms with Crippen LogP contribution in [0.2, 0.25) is 0 Å². The standard InChI is InChI=1S/C19H21NO/c1-8-9(2)15-11(4)12(5)19(21)18-17(15)16(10(8)3)13(6)14(7)20-18/h1-7H3. The number of allylic oxidation sites excluding steroid dienone is 2. The van der Waals surface area contributed by atoms with Crippen LogP contribution < -0.4 is 0 Å². The van der Waals surface area contributed by atoms with Gasteiger partial charge in [0.25, 0.3) is 0 Å². The Labute approximate surface area is 125 Å². The number of carbonyl (C=O) groups excluding carboxylic acids is 1. The SMILES string of the molecule is CC1=C(C)c2c(C)c(C)c(C)c3c(C)c(C)nc(c23)C1=O. The summed E-state index contributed by atoms with van der Waals surface area (Å²) >= 11 is 0. The first kappa shape index (κ1) is 14.0. The van der Waals surface area contributed by atoms with Crippen molar-refractivity contribution in [2.45, 2.75) is 48.5 Å². The van der Waals surface area contributed by atoms with Gasteiger partial charge in [0.2, 0.25) is 5.78 Å². The summed E-state index contributed by atoms with van der Waals surface area (Å²) in [6.07, 6.45) is 0. The molecule has 0 fully saturated rings. The van der Waals surface area contributed by atoms with Crippen molar-refractivity contribution >= 4 is 22.1 Å². The molecule has 0 saturated heterocycles. The molecule has 2 aromatic rings. The molecule has 0 aliphatic heterocycles. The Morgan fingerprint density at radius 2 is 1.29 bits per heavy atom. The molecule has 2 nitrogen and oxygen atoms in total. The zero-order valence-electron chi connectivity index (χ0n) is 13.9. The van der Waals surface area contributed by atoms with Gasteiger partial charge in [-0.3, -0.25) is 4.79 Å². The highest BCUT2D eigenvalue weighted by Gasteiger charge is 2.28. The third-order valence-electron chi connectivity index (χ3n) is 5.30. The van der Waals surface area contributed by atoms with E-state index in [0.29, 0.717) is 5.69 Å². The summed E-state index contributed by atoms with van der Waals surface area (Å²) in [6.45, 7) is 14.6. The first-order valence-electron chi connectivity index (χ1n) is 7.40. The Bertz CT molecular complexity index is 869. The van der Waals surface area contributed by atoms with E-state index in [1.165, 1.54) is 33.2 Å². The van der Waals surface area contributed by atoms with Crippen molar-refractivity contribution in [3.63, 3.8) is 0 Å². The summed E-state index contributed by atoms with van der Waals surface area (Å²) in [5.41, 5.74) is 9.79. The number of carbonyl (C=O) groups is 1. The van der Waals surface area contributed by atoms with Gasteiger partial charge in [-0.05, 0) is 87.2 Å². The second-order valence-corrected chi connectivity index (χ2v) is 6.25. The van der Waals surface area contributed by atoms with Gasteiger partial charge in [0.1, 0.15) is 5.69 Å². The number of pyridine rings is 1. The average Bonchev–Trinajstić information content (AvgIpc) is 2.45. The van der Waals surface area contributed by atoms with Crippen LogP contribution in [0, 0.1) is 34.6 Å². The number of aromatic nitrogens is 1. The molecule has 0 saturated carbocycles. The van der Waals surface area contributed by atoms with Gasteiger partial charge in [-0.1, -0.05) is 0 Å². The summed E-state index contributed by atoms with van der Waals surface area (Å²) in [4.78, 5) is 17.3. The van der Waals surface area contributed by atoms with Crippen LogP contribution in [0.3, 0.4) is 0 Å². The van der Waals surface area contributed by atoms with Crippen LogP contribution in [-0.4, -0.2) is 10.8 Å². The maximum Gasteiger partial charge on any atom is 0.208 e. The zero-order valence-corrected chi connectivity index (χ0v) is 13.9. The first-order valence-corrected chi connectivity index (χ1v) is 7.40. The van der Waals surface area contributed by atoms with Crippen molar-refractivity contribution in [3.05, 3.63) is 44.8 Å². The monoisotopic (exact) mass is 279 g/mol. The Hall–Kier alpha value is -1.96. The molecule has 0 N–H and O–H groups in total. The number of aryl methyl sites for hydroxylation is 3. The van der Waals surface area contributed by atoms with E-state index in [0.717, 1.165) is 22.2 Å². The lowest BCUT2D eigenvalue weighted by Crippen LogP contribution is -2.16. The lowest BCUT2D eigenvalue weighted by Gasteiger charge is -2.25. The summed E-state index contributed by atoms with van der Waals surface area (Å²) in [5, 5.41) is 2.28. The maximum atomic E-state index is 12.7. The highest BCUT2D eigenvalue weighted by atomic mass is 16.1. The fraction of sp³-hybridized carbons (Fsp3) is 0.368. The molecule has 3 rings (SSSR count). The van der Waals surface area contributed by atoms with Crippen LogP contribution in [0.1, 0.15) is 57.8 Å². The van der Waals surface area contributed by atoms with Gasteiger partial charge < -0.3 is 0 Å². The fourth-order valence-corrected chi connectivity index (χ4v) is 3.52. The molecule has 21 heavy (non-hydrogen) atoms. The smallest absolute Gasteiger partial charge is 0.208 e. The number of Topliss-reactive ketones (excluding diaryl/α,β-unsaturated/α-hetero) is 1. The van der Waals surface area contributed by atoms with Gasteiger partial charge in [-0.2, -0.15) is 0 Å². The van der Waals surface area contributed by atoms with Gasteiger partial charge in [0.05, 0.1) is 0 Å². The highest BCUT2D eigenvalue weighted by Crippen LogP contribution is 2.42. The molecule has 1 aliphatic carbocycles. The van der Waals surface area contributed by atoms with Gasteiger partial charge in [0, 0.05) is 16.7 Å². The van der Waals surface area contributed by atoms with E-state index in [2.05, 4.69) is 39.6 Å². The largest absolute Gasteiger partial charge is 0.287 e. The minimum absolute atomic E-state index is 0.0794. The van der Waals surface area contributed by atoms with Gasteiger partial charge in [-0.15, -0.1) is 0 Å². The molecular formula is C19H21NO. The quantitative estimate of drug-likeness (QED) is 0.695. The van der Waals surface area contributed by atoms with Crippen LogP contribution in [0.4, 0.5) is 0 Å². The summed E-state index contributed by atoms with van der Waals surface area (Å²) in [6, 6.07) is 0. The van der Waals surface area contributed by atoms with E-state index in [9.17, 15) is 4.79 Å². The second kappa shape index (κ2) is 4.27. The lowest BCUT2D eigenvalue weighted by molar-refractivity contribution is 0.103. The summed E-state index contributed by atoms with van der Waals surface area (Å²) in [5.74, 6) is 0.0794. The molecule has 0 spiro atoms. The molecular weight excluding hydrogens is 258 g/mol. The number of ketones is 1. The van der Waals surface area contributed by atoms with Crippen molar-refractivity contribution < 1.29 is 4.79 Å². The van der Waals surface area contributed by atoms with Gasteiger partial charge in [0.15, 0.2) is 0 Å². The molecule has 0 unspecified atom stereocenters. The number of hydrogen-bond acceptors (Lipinski definition) is 2. The molecule has 1 aliphatic rings. The topological polar surface area (TPSA) is 30.0 Å². The van der Waals surface area contributed by atoms with Crippen molar-refractivity contribution in [3.8, 4) is 0 Å². The van der Waals surface area contributed by atoms with Crippen LogP contribution in [0.5, 0.6) is 0 Å². The molecule has 0 amide bonds. The Balaban J connectivity index is 2.73. The third kappa shape index (κ3) is 1.59. The Morgan fingerprint density at radius 3 is 1.90 bits per heavy atom. The van der Waals surface area contributed by atoms with E-state index in [1.807, 2.05) is 13.8 Å². The molecule has 0 bridgehead atoms. The third-order valence-corrected chi connectivity index (χ3v) is 5.30. The highest BCUT2D eigenvalue weighted by molar-refractivity contribution is 6.24. The maximum absolute atomic E-state index is 12.7. The normalized spacial score (nSPS) is 14.3. The van der Waals surface area contributed by atoms with E-state index < -0.39 is 0 Å². The summed E-state index contributed by atoms with van der Waals surface area (Å²) < 4.78 is 0. The van der Waals surface area contributed by atoms with Gasteiger partial charge in [-0.25, -0.2) is 4.98 Å². The molecule has 0 radical (unpaired) electrons. The van der Waals surface area contributed by atoms with E-state index in [-0.39, 0.29) is 5.78 Å². The van der Waals surface area contributed by atoms with Crippen molar-refractivity contribution in [1.82, 2.24) is 4.98 Å². The fourth-order valence-electron chi connectivity index (χ4n) is 3.52. The molecule has 108 valence electrons. The molecule has 2 heteroatoms. The van der Waals surface area contributed by atoms with E-state index in [1.54, 1.807) is 0 Å². The Morgan fingerprint density at radius 1 is 0.667 bits per heavy atom. The van der Waals surface area contributed by atoms with Crippen LogP contribution in [0.25, 0.3) is 16.3 Å².